The predicted molar refractivity (Wildman–Crippen MR) is 172 cm³/mol. The molecule has 0 aliphatic heterocycles. The minimum absolute atomic E-state index is 0.00234. The molecule has 8 rings (SSSR count). The molecule has 1 amide bonds. The zero-order valence-electron chi connectivity index (χ0n) is 24.9. The van der Waals surface area contributed by atoms with Crippen molar-refractivity contribution in [3.05, 3.63) is 148 Å². The van der Waals surface area contributed by atoms with Gasteiger partial charge in [0.1, 0.15) is 0 Å². The van der Waals surface area contributed by atoms with Crippen molar-refractivity contribution in [3.8, 4) is 0 Å². The Morgan fingerprint density at radius 3 is 1.57 bits per heavy atom. The SMILES string of the molecule is O=C(NCc1ccc([N+](=O)[O-])cc1)C(NC(c1ccccc1)(c1ccccc1)c1ccccc1)C12CC3CC(CC(C3)C1)C2. The Balaban J connectivity index is 1.33. The summed E-state index contributed by atoms with van der Waals surface area (Å²) < 4.78 is 0. The number of benzene rings is 4. The number of non-ortho nitro benzene ring substituents is 1. The lowest BCUT2D eigenvalue weighted by molar-refractivity contribution is -0.384. The average molecular weight is 586 g/mol. The van der Waals surface area contributed by atoms with E-state index >= 15 is 0 Å². The first kappa shape index (κ1) is 28.5. The molecule has 44 heavy (non-hydrogen) atoms. The Labute approximate surface area is 259 Å². The molecule has 4 aliphatic rings. The summed E-state index contributed by atoms with van der Waals surface area (Å²) in [4.78, 5) is 25.5. The van der Waals surface area contributed by atoms with Gasteiger partial charge in [0.2, 0.25) is 5.91 Å². The van der Waals surface area contributed by atoms with Crippen LogP contribution in [0.1, 0.15) is 60.8 Å². The van der Waals surface area contributed by atoms with Gasteiger partial charge in [0.25, 0.3) is 5.69 Å². The Kier molecular flexibility index (Phi) is 7.55. The van der Waals surface area contributed by atoms with Gasteiger partial charge < -0.3 is 5.32 Å². The second kappa shape index (κ2) is 11.7. The molecule has 0 spiro atoms. The first-order chi connectivity index (χ1) is 21.4. The minimum atomic E-state index is -0.761. The van der Waals surface area contributed by atoms with Crippen molar-refractivity contribution in [2.24, 2.45) is 23.2 Å². The maximum atomic E-state index is 14.7. The molecule has 0 aromatic heterocycles. The quantitative estimate of drug-likeness (QED) is 0.116. The zero-order chi connectivity index (χ0) is 30.1. The van der Waals surface area contributed by atoms with Gasteiger partial charge in [-0.1, -0.05) is 103 Å². The van der Waals surface area contributed by atoms with E-state index < -0.39 is 16.5 Å². The van der Waals surface area contributed by atoms with Crippen molar-refractivity contribution in [1.82, 2.24) is 10.6 Å². The number of nitro benzene ring substituents is 1. The van der Waals surface area contributed by atoms with Crippen LogP contribution < -0.4 is 10.6 Å². The van der Waals surface area contributed by atoms with Gasteiger partial charge in [-0.15, -0.1) is 0 Å². The van der Waals surface area contributed by atoms with Crippen LogP contribution in [0, 0.1) is 33.3 Å². The highest BCUT2D eigenvalue weighted by atomic mass is 16.6. The number of hydrogen-bond acceptors (Lipinski definition) is 4. The van der Waals surface area contributed by atoms with Crippen LogP contribution in [0.15, 0.2) is 115 Å². The molecule has 6 nitrogen and oxygen atoms in total. The molecule has 4 saturated carbocycles. The third-order valence-corrected chi connectivity index (χ3v) is 10.6. The standard InChI is InChI=1S/C38H39N3O3/c42-36(39-26-27-16-18-34(19-17-27)41(43)44)35(37-23-28-20-29(24-37)22-30(21-28)25-37)40-38(31-10-4-1-5-11-31,32-12-6-2-7-13-32)33-14-8-3-9-15-33/h1-19,28-30,35,40H,20-26H2,(H,39,42). The monoisotopic (exact) mass is 585 g/mol. The average Bonchev–Trinajstić information content (AvgIpc) is 3.05. The van der Waals surface area contributed by atoms with Crippen LogP contribution in [0.2, 0.25) is 0 Å². The first-order valence-electron chi connectivity index (χ1n) is 15.9. The minimum Gasteiger partial charge on any atom is -0.351 e. The molecule has 0 heterocycles. The molecule has 0 saturated heterocycles. The van der Waals surface area contributed by atoms with Gasteiger partial charge in [0.15, 0.2) is 0 Å². The molecule has 4 aromatic carbocycles. The predicted octanol–water partition coefficient (Wildman–Crippen LogP) is 7.38. The summed E-state index contributed by atoms with van der Waals surface area (Å²) in [6.07, 6.45) is 7.06. The van der Waals surface area contributed by atoms with Gasteiger partial charge >= 0.3 is 0 Å². The van der Waals surface area contributed by atoms with Crippen molar-refractivity contribution in [2.45, 2.75) is 56.7 Å². The Bertz CT molecular complexity index is 1470. The van der Waals surface area contributed by atoms with E-state index in [0.29, 0.717) is 24.3 Å². The normalized spacial score (nSPS) is 24.5. The number of nitrogens with one attached hydrogen (secondary N) is 2. The second-order valence-corrected chi connectivity index (χ2v) is 13.3. The van der Waals surface area contributed by atoms with E-state index in [1.54, 1.807) is 12.1 Å². The van der Waals surface area contributed by atoms with Crippen LogP contribution in [0.5, 0.6) is 0 Å². The van der Waals surface area contributed by atoms with Crippen LogP contribution in [0.25, 0.3) is 0 Å². The molecular formula is C38H39N3O3. The number of rotatable bonds is 10. The highest BCUT2D eigenvalue weighted by molar-refractivity contribution is 5.83. The van der Waals surface area contributed by atoms with Gasteiger partial charge in [-0.05, 0) is 83.9 Å². The smallest absolute Gasteiger partial charge is 0.269 e. The molecule has 6 heteroatoms. The lowest BCUT2D eigenvalue weighted by Crippen LogP contribution is -2.65. The highest BCUT2D eigenvalue weighted by Crippen LogP contribution is 2.62. The molecular weight excluding hydrogens is 546 g/mol. The summed E-state index contributed by atoms with van der Waals surface area (Å²) in [7, 11) is 0. The molecule has 4 aliphatic carbocycles. The fourth-order valence-corrected chi connectivity index (χ4v) is 9.09. The van der Waals surface area contributed by atoms with Crippen LogP contribution in [0.3, 0.4) is 0 Å². The number of hydrogen-bond donors (Lipinski definition) is 2. The van der Waals surface area contributed by atoms with Gasteiger partial charge in [0, 0.05) is 18.7 Å². The number of nitro groups is 1. The fourth-order valence-electron chi connectivity index (χ4n) is 9.09. The summed E-state index contributed by atoms with van der Waals surface area (Å²) in [6.45, 7) is 0.316. The lowest BCUT2D eigenvalue weighted by atomic mass is 9.47. The first-order valence-corrected chi connectivity index (χ1v) is 15.9. The molecule has 4 fully saturated rings. The lowest BCUT2D eigenvalue weighted by Gasteiger charge is -2.60. The Morgan fingerprint density at radius 1 is 0.727 bits per heavy atom. The van der Waals surface area contributed by atoms with E-state index in [1.165, 1.54) is 31.4 Å². The molecule has 1 unspecified atom stereocenters. The second-order valence-electron chi connectivity index (χ2n) is 13.3. The van der Waals surface area contributed by atoms with Gasteiger partial charge in [-0.2, -0.15) is 0 Å². The third kappa shape index (κ3) is 5.22. The van der Waals surface area contributed by atoms with Crippen LogP contribution in [-0.2, 0) is 16.9 Å². The van der Waals surface area contributed by atoms with E-state index in [9.17, 15) is 14.9 Å². The van der Waals surface area contributed by atoms with Gasteiger partial charge in [0.05, 0.1) is 16.5 Å². The largest absolute Gasteiger partial charge is 0.351 e. The molecule has 4 bridgehead atoms. The highest BCUT2D eigenvalue weighted by Gasteiger charge is 2.57. The van der Waals surface area contributed by atoms with Crippen molar-refractivity contribution >= 4 is 11.6 Å². The Morgan fingerprint density at radius 2 is 1.16 bits per heavy atom. The number of amides is 1. The van der Waals surface area contributed by atoms with Crippen molar-refractivity contribution in [1.29, 1.82) is 0 Å². The van der Waals surface area contributed by atoms with Crippen molar-refractivity contribution in [3.63, 3.8) is 0 Å². The number of carbonyl (C=O) groups is 1. The molecule has 0 radical (unpaired) electrons. The topological polar surface area (TPSA) is 84.3 Å². The molecule has 224 valence electrons. The van der Waals surface area contributed by atoms with E-state index in [0.717, 1.165) is 41.5 Å². The molecule has 4 aromatic rings. The van der Waals surface area contributed by atoms with E-state index in [1.807, 2.05) is 18.2 Å². The maximum absolute atomic E-state index is 14.7. The van der Waals surface area contributed by atoms with Gasteiger partial charge in [-0.3, -0.25) is 20.2 Å². The zero-order valence-corrected chi connectivity index (χ0v) is 24.9. The van der Waals surface area contributed by atoms with Gasteiger partial charge in [-0.25, -0.2) is 0 Å². The van der Waals surface area contributed by atoms with E-state index in [4.69, 9.17) is 0 Å². The summed E-state index contributed by atoms with van der Waals surface area (Å²) in [5.74, 6) is 2.02. The third-order valence-electron chi connectivity index (χ3n) is 10.6. The molecule has 2 N–H and O–H groups in total. The van der Waals surface area contributed by atoms with E-state index in [2.05, 4.69) is 83.4 Å². The Hall–Kier alpha value is -4.29. The summed E-state index contributed by atoms with van der Waals surface area (Å²) in [5, 5.41) is 18.6. The summed E-state index contributed by atoms with van der Waals surface area (Å²) in [6, 6.07) is 37.6. The fraction of sp³-hybridized carbons (Fsp3) is 0.342. The van der Waals surface area contributed by atoms with Crippen molar-refractivity contribution < 1.29 is 9.72 Å². The van der Waals surface area contributed by atoms with Crippen LogP contribution in [0.4, 0.5) is 5.69 Å². The van der Waals surface area contributed by atoms with Crippen LogP contribution in [-0.4, -0.2) is 16.9 Å². The molecule has 1 atom stereocenters. The summed E-state index contributed by atoms with van der Waals surface area (Å²) >= 11 is 0. The maximum Gasteiger partial charge on any atom is 0.269 e. The van der Waals surface area contributed by atoms with E-state index in [-0.39, 0.29) is 17.0 Å². The van der Waals surface area contributed by atoms with Crippen molar-refractivity contribution in [2.75, 3.05) is 0 Å². The summed E-state index contributed by atoms with van der Waals surface area (Å²) in [5.41, 5.74) is 3.27. The van der Waals surface area contributed by atoms with Crippen LogP contribution >= 0.6 is 0 Å². The number of nitrogens with zero attached hydrogens (tertiary/aromatic N) is 1. The number of carbonyl (C=O) groups excluding carboxylic acids is 1.